The average molecular weight is 1160 g/mol. The summed E-state index contributed by atoms with van der Waals surface area (Å²) < 4.78 is 0. The summed E-state index contributed by atoms with van der Waals surface area (Å²) >= 11 is 0. The number of carbonyl (C=O) groups is 2. The van der Waals surface area contributed by atoms with Crippen LogP contribution in [0.15, 0.2) is 218 Å². The first-order valence-electron chi connectivity index (χ1n) is 24.7. The summed E-state index contributed by atoms with van der Waals surface area (Å²) in [6.07, 6.45) is 0.0833. The predicted molar refractivity (Wildman–Crippen MR) is 303 cm³/mol. The van der Waals surface area contributed by atoms with Gasteiger partial charge < -0.3 is 0 Å². The molecule has 0 saturated carbocycles. The van der Waals surface area contributed by atoms with Gasteiger partial charge in [0.2, 0.25) is 0 Å². The van der Waals surface area contributed by atoms with E-state index < -0.39 is 0 Å². The van der Waals surface area contributed by atoms with Gasteiger partial charge >= 0.3 is 0 Å². The van der Waals surface area contributed by atoms with Crippen LogP contribution in [0, 0.1) is 12.1 Å². The van der Waals surface area contributed by atoms with Crippen molar-refractivity contribution in [3.05, 3.63) is 231 Å². The van der Waals surface area contributed by atoms with Crippen LogP contribution in [0.5, 0.6) is 0 Å². The Morgan fingerprint density at radius 2 is 0.605 bits per heavy atom. The maximum atomic E-state index is 10.0. The Kier molecular flexibility index (Phi) is 13.7. The Bertz CT molecular complexity index is 3860. The van der Waals surface area contributed by atoms with Crippen LogP contribution in [0.1, 0.15) is 20.3 Å². The van der Waals surface area contributed by atoms with Gasteiger partial charge in [0.05, 0.1) is 62.9 Å². The third kappa shape index (κ3) is 9.46. The van der Waals surface area contributed by atoms with Gasteiger partial charge in [-0.2, -0.15) is 0 Å². The molecule has 0 atom stereocenters. The molecule has 0 spiro atoms. The van der Waals surface area contributed by atoms with E-state index in [1.54, 1.807) is 0 Å². The van der Waals surface area contributed by atoms with E-state index in [4.69, 9.17) is 29.9 Å². The fourth-order valence-electron chi connectivity index (χ4n) is 9.97. The number of pyridine rings is 2. The first kappa shape index (κ1) is 49.0. The Morgan fingerprint density at radius 3 is 0.842 bits per heavy atom. The Morgan fingerprint density at radius 1 is 0.329 bits per heavy atom. The molecule has 365 valence electrons. The Labute approximate surface area is 452 Å². The molecule has 0 amide bonds. The molecule has 9 heteroatoms. The van der Waals surface area contributed by atoms with E-state index in [1.165, 1.54) is 13.8 Å². The number of carbonyl (C=O) groups excluding carboxylic acids is 2. The van der Waals surface area contributed by atoms with Gasteiger partial charge in [0.15, 0.2) is 0 Å². The number of nitrogens with zero attached hydrogens (tertiary/aromatic N) is 6. The van der Waals surface area contributed by atoms with E-state index in [-0.39, 0.29) is 38.1 Å². The Hall–Kier alpha value is -9.27. The van der Waals surface area contributed by atoms with Gasteiger partial charge in [0.1, 0.15) is 11.6 Å². The minimum atomic E-state index is -0.0625. The summed E-state index contributed by atoms with van der Waals surface area (Å²) in [5.41, 5.74) is 13.8. The minimum Gasteiger partial charge on any atom is -0.300 e. The van der Waals surface area contributed by atoms with Gasteiger partial charge in [0, 0.05) is 85.4 Å². The number of hydrogen-bond donors (Lipinski definition) is 0. The smallest absolute Gasteiger partial charge is 0.137 e. The van der Waals surface area contributed by atoms with Gasteiger partial charge in [-0.15, -0.1) is 71.8 Å². The molecule has 0 bridgehead atoms. The van der Waals surface area contributed by atoms with Gasteiger partial charge in [-0.05, 0) is 38.1 Å². The molecule has 14 rings (SSSR count). The molecule has 76 heavy (non-hydrogen) atoms. The zero-order valence-corrected chi connectivity index (χ0v) is 43.7. The molecule has 14 aromatic rings. The van der Waals surface area contributed by atoms with Crippen molar-refractivity contribution in [2.75, 3.05) is 0 Å². The molecule has 10 aromatic carbocycles. The zero-order valence-electron chi connectivity index (χ0n) is 41.3. The molecule has 0 aliphatic rings. The molecular formula is C67H44IrN6O2-2. The van der Waals surface area contributed by atoms with Crippen molar-refractivity contribution in [3.8, 4) is 67.8 Å². The second-order valence-corrected chi connectivity index (χ2v) is 18.3. The molecule has 0 aliphatic heterocycles. The summed E-state index contributed by atoms with van der Waals surface area (Å²) in [5.74, 6) is 1.26. The minimum absolute atomic E-state index is 0. The van der Waals surface area contributed by atoms with Crippen LogP contribution in [0.2, 0.25) is 0 Å². The molecule has 4 heterocycles. The second-order valence-electron chi connectivity index (χ2n) is 18.3. The number of hydrogen-bond acceptors (Lipinski definition) is 8. The molecular weight excluding hydrogens is 1110 g/mol. The number of rotatable bonds is 8. The second kappa shape index (κ2) is 21.3. The van der Waals surface area contributed by atoms with Crippen molar-refractivity contribution >= 4 is 76.7 Å². The first-order chi connectivity index (χ1) is 36.9. The summed E-state index contributed by atoms with van der Waals surface area (Å²) in [5, 5.41) is 8.92. The molecule has 1 radical (unpaired) electrons. The van der Waals surface area contributed by atoms with Crippen LogP contribution in [-0.4, -0.2) is 41.5 Å². The SMILES string of the molecule is CC(=O)CC(C)=O.[Ir].[c-]1ccccc1-c1nc2ccc3c(-c4ccccc4)nc(-c4ccccc4)c4ccc(n1)c2c34.[c-]1ccccc1-c1nc2ccc3c(-c4ccccc4)nc(-c4ccccc4)c4ccc(n1)c2c34. The number of Topliss-reactive ketones (excluding diaryl/α,β-unsaturated/α-hetero) is 2. The average Bonchev–Trinajstić information content (AvgIpc) is 3.67. The van der Waals surface area contributed by atoms with E-state index in [0.29, 0.717) is 11.6 Å². The quantitative estimate of drug-likeness (QED) is 0.0840. The predicted octanol–water partition coefficient (Wildman–Crippen LogP) is 15.7. The van der Waals surface area contributed by atoms with E-state index in [2.05, 4.69) is 158 Å². The van der Waals surface area contributed by atoms with Crippen molar-refractivity contribution in [1.29, 1.82) is 0 Å². The molecule has 0 aliphatic carbocycles. The van der Waals surface area contributed by atoms with Crippen molar-refractivity contribution in [3.63, 3.8) is 0 Å². The van der Waals surface area contributed by atoms with E-state index in [9.17, 15) is 9.59 Å². The summed E-state index contributed by atoms with van der Waals surface area (Å²) in [6.45, 7) is 2.81. The van der Waals surface area contributed by atoms with Crippen molar-refractivity contribution in [2.24, 2.45) is 0 Å². The third-order valence-corrected chi connectivity index (χ3v) is 13.2. The maximum Gasteiger partial charge on any atom is 0.137 e. The third-order valence-electron chi connectivity index (χ3n) is 13.2. The molecule has 8 nitrogen and oxygen atoms in total. The number of aromatic nitrogens is 6. The van der Waals surface area contributed by atoms with Crippen LogP contribution in [0.4, 0.5) is 0 Å². The van der Waals surface area contributed by atoms with E-state index in [0.717, 1.165) is 121 Å². The van der Waals surface area contributed by atoms with Crippen molar-refractivity contribution in [2.45, 2.75) is 20.3 Å². The van der Waals surface area contributed by atoms with Crippen molar-refractivity contribution in [1.82, 2.24) is 29.9 Å². The van der Waals surface area contributed by atoms with E-state index >= 15 is 0 Å². The van der Waals surface area contributed by atoms with Crippen LogP contribution < -0.4 is 0 Å². The normalized spacial score (nSPS) is 11.1. The zero-order chi connectivity index (χ0) is 50.8. The van der Waals surface area contributed by atoms with Crippen LogP contribution >= 0.6 is 0 Å². The van der Waals surface area contributed by atoms with Crippen LogP contribution in [-0.2, 0) is 29.7 Å². The summed E-state index contributed by atoms with van der Waals surface area (Å²) in [4.78, 5) is 50.3. The fraction of sp³-hybridized carbons (Fsp3) is 0.0448. The van der Waals surface area contributed by atoms with E-state index in [1.807, 2.05) is 72.8 Å². The van der Waals surface area contributed by atoms with Gasteiger partial charge in [-0.25, -0.2) is 9.97 Å². The van der Waals surface area contributed by atoms with Gasteiger partial charge in [0.25, 0.3) is 0 Å². The summed E-state index contributed by atoms with van der Waals surface area (Å²) in [7, 11) is 0. The maximum absolute atomic E-state index is 10.0. The molecule has 0 fully saturated rings. The monoisotopic (exact) mass is 1160 g/mol. The topological polar surface area (TPSA) is 111 Å². The first-order valence-corrected chi connectivity index (χ1v) is 24.7. The molecule has 0 saturated heterocycles. The molecule has 4 aromatic heterocycles. The number of benzene rings is 10. The van der Waals surface area contributed by atoms with Gasteiger partial charge in [-0.1, -0.05) is 146 Å². The van der Waals surface area contributed by atoms with Crippen LogP contribution in [0.25, 0.3) is 133 Å². The summed E-state index contributed by atoms with van der Waals surface area (Å²) in [6, 6.07) is 80.7. The molecule has 0 N–H and O–H groups in total. The standard InChI is InChI=1S/2C31H18N3.C5H8O2.Ir/c2*1-4-10-20(11-5-1)29-23-16-18-25-28-26(33-31(32-25)22-14-8-3-9-15-22)19-17-24(27(23)28)30(34-29)21-12-6-2-7-13-21;1-4(6)3-5(2)7;/h2*1-14,16-19H;3H2,1-2H3;/q2*-1;;. The Balaban J connectivity index is 0.000000143. The number of ketones is 2. The fourth-order valence-corrected chi connectivity index (χ4v) is 9.97. The molecule has 0 unspecified atom stereocenters. The van der Waals surface area contributed by atoms with Gasteiger partial charge in [-0.3, -0.25) is 29.5 Å². The van der Waals surface area contributed by atoms with Crippen molar-refractivity contribution < 1.29 is 29.7 Å². The largest absolute Gasteiger partial charge is 0.300 e. The van der Waals surface area contributed by atoms with Crippen LogP contribution in [0.3, 0.4) is 0 Å².